The molecular formula is C16H25NO5. The van der Waals surface area contributed by atoms with Gasteiger partial charge in [0.2, 0.25) is 0 Å². The smallest absolute Gasteiger partial charge is 0.305 e. The van der Waals surface area contributed by atoms with Gasteiger partial charge >= 0.3 is 5.97 Å². The molecule has 22 heavy (non-hydrogen) atoms. The van der Waals surface area contributed by atoms with Crippen LogP contribution in [0.1, 0.15) is 30.4 Å². The molecule has 0 saturated carbocycles. The maximum Gasteiger partial charge on any atom is 0.305 e. The van der Waals surface area contributed by atoms with Gasteiger partial charge in [-0.15, -0.1) is 0 Å². The minimum Gasteiger partial charge on any atom is -0.469 e. The summed E-state index contributed by atoms with van der Waals surface area (Å²) < 4.78 is 9.97. The average molecular weight is 311 g/mol. The predicted octanol–water partition coefficient (Wildman–Crippen LogP) is 1.44. The molecule has 3 N–H and O–H groups in total. The molecule has 1 aromatic carbocycles. The van der Waals surface area contributed by atoms with Gasteiger partial charge in [0.15, 0.2) is 0 Å². The highest BCUT2D eigenvalue weighted by molar-refractivity contribution is 5.68. The molecule has 0 aromatic heterocycles. The number of aliphatic hydroxyl groups excluding tert-OH is 2. The summed E-state index contributed by atoms with van der Waals surface area (Å²) >= 11 is 0. The van der Waals surface area contributed by atoms with Crippen LogP contribution in [0.2, 0.25) is 0 Å². The van der Waals surface area contributed by atoms with Gasteiger partial charge in [-0.05, 0) is 36.1 Å². The molecule has 124 valence electrons. The second-order valence-electron chi connectivity index (χ2n) is 4.93. The van der Waals surface area contributed by atoms with E-state index in [9.17, 15) is 4.79 Å². The van der Waals surface area contributed by atoms with Crippen molar-refractivity contribution in [1.29, 1.82) is 0 Å². The van der Waals surface area contributed by atoms with Crippen molar-refractivity contribution in [3.05, 3.63) is 29.3 Å². The maximum atomic E-state index is 10.9. The van der Waals surface area contributed by atoms with Gasteiger partial charge in [0.05, 0.1) is 20.3 Å². The highest BCUT2D eigenvalue weighted by Crippen LogP contribution is 2.15. The quantitative estimate of drug-likeness (QED) is 0.423. The summed E-state index contributed by atoms with van der Waals surface area (Å²) in [7, 11) is 1.38. The number of hydrogen-bond acceptors (Lipinski definition) is 6. The number of rotatable bonds is 11. The third-order valence-corrected chi connectivity index (χ3v) is 3.11. The molecule has 0 aliphatic carbocycles. The zero-order valence-electron chi connectivity index (χ0n) is 13.0. The van der Waals surface area contributed by atoms with Crippen molar-refractivity contribution in [2.75, 3.05) is 32.2 Å². The Morgan fingerprint density at radius 2 is 1.73 bits per heavy atom. The van der Waals surface area contributed by atoms with E-state index in [-0.39, 0.29) is 19.2 Å². The van der Waals surface area contributed by atoms with Crippen molar-refractivity contribution in [3.63, 3.8) is 0 Å². The zero-order chi connectivity index (χ0) is 16.2. The summed E-state index contributed by atoms with van der Waals surface area (Å²) in [5.74, 6) is -0.214. The first-order chi connectivity index (χ1) is 10.7. The molecule has 0 aliphatic rings. The third-order valence-electron chi connectivity index (χ3n) is 3.11. The molecule has 0 bridgehead atoms. The fourth-order valence-corrected chi connectivity index (χ4v) is 1.98. The van der Waals surface area contributed by atoms with E-state index in [0.29, 0.717) is 26.1 Å². The molecule has 0 aliphatic heterocycles. The van der Waals surface area contributed by atoms with E-state index in [1.165, 1.54) is 7.11 Å². The lowest BCUT2D eigenvalue weighted by Crippen LogP contribution is -2.08. The number of nitrogens with one attached hydrogen (secondary N) is 1. The summed E-state index contributed by atoms with van der Waals surface area (Å²) in [6.45, 7) is 1.79. The van der Waals surface area contributed by atoms with Gasteiger partial charge in [0.25, 0.3) is 0 Å². The number of esters is 1. The molecule has 0 saturated heterocycles. The highest BCUT2D eigenvalue weighted by Gasteiger charge is 2.01. The lowest BCUT2D eigenvalue weighted by atomic mass is 10.1. The Morgan fingerprint density at radius 3 is 2.32 bits per heavy atom. The topological polar surface area (TPSA) is 88.0 Å². The monoisotopic (exact) mass is 311 g/mol. The van der Waals surface area contributed by atoms with Crippen LogP contribution >= 0.6 is 0 Å². The summed E-state index contributed by atoms with van der Waals surface area (Å²) in [5, 5.41) is 21.6. The molecule has 0 atom stereocenters. The molecule has 0 spiro atoms. The summed E-state index contributed by atoms with van der Waals surface area (Å²) in [6.07, 6.45) is 1.88. The molecule has 0 unspecified atom stereocenters. The fraction of sp³-hybridized carbons (Fsp3) is 0.562. The van der Waals surface area contributed by atoms with Crippen molar-refractivity contribution in [2.24, 2.45) is 0 Å². The third kappa shape index (κ3) is 7.40. The minimum absolute atomic E-state index is 0.0498. The van der Waals surface area contributed by atoms with Crippen LogP contribution in [0.3, 0.4) is 0 Å². The van der Waals surface area contributed by atoms with E-state index in [0.717, 1.165) is 29.8 Å². The largest absolute Gasteiger partial charge is 0.469 e. The van der Waals surface area contributed by atoms with Crippen LogP contribution in [0, 0.1) is 0 Å². The number of methoxy groups -OCH3 is 1. The van der Waals surface area contributed by atoms with Gasteiger partial charge < -0.3 is 25.0 Å². The number of carbonyl (C=O) groups excluding carboxylic acids is 1. The van der Waals surface area contributed by atoms with Gasteiger partial charge in [0.1, 0.15) is 0 Å². The van der Waals surface area contributed by atoms with Crippen molar-refractivity contribution >= 4 is 11.7 Å². The summed E-state index contributed by atoms with van der Waals surface area (Å²) in [6, 6.07) is 5.49. The van der Waals surface area contributed by atoms with E-state index in [2.05, 4.69) is 10.1 Å². The van der Waals surface area contributed by atoms with Crippen molar-refractivity contribution in [3.8, 4) is 0 Å². The van der Waals surface area contributed by atoms with Crippen LogP contribution in [0.15, 0.2) is 18.2 Å². The van der Waals surface area contributed by atoms with Gasteiger partial charge in [-0.1, -0.05) is 6.07 Å². The van der Waals surface area contributed by atoms with Crippen LogP contribution in [-0.2, 0) is 27.5 Å². The Hall–Kier alpha value is -1.63. The molecule has 1 aromatic rings. The van der Waals surface area contributed by atoms with E-state index >= 15 is 0 Å². The number of benzene rings is 1. The first kappa shape index (κ1) is 18.4. The Bertz CT molecular complexity index is 428. The Kier molecular flexibility index (Phi) is 9.21. The SMILES string of the molecule is COC(=O)CCCOCCCNc1cc(CO)cc(CO)c1. The van der Waals surface area contributed by atoms with Crippen LogP contribution in [0.25, 0.3) is 0 Å². The standard InChI is InChI=1S/C16H25NO5/c1-21-16(20)4-2-6-22-7-3-5-17-15-9-13(11-18)8-14(10-15)12-19/h8-10,17-19H,2-7,11-12H2,1H3. The Morgan fingerprint density at radius 1 is 1.09 bits per heavy atom. The van der Waals surface area contributed by atoms with Crippen molar-refractivity contribution in [2.45, 2.75) is 32.5 Å². The molecule has 1 rings (SSSR count). The second kappa shape index (κ2) is 11.0. The molecule has 0 heterocycles. The fourth-order valence-electron chi connectivity index (χ4n) is 1.98. The molecule has 6 nitrogen and oxygen atoms in total. The molecular weight excluding hydrogens is 286 g/mol. The predicted molar refractivity (Wildman–Crippen MR) is 83.5 cm³/mol. The van der Waals surface area contributed by atoms with Gasteiger partial charge in [-0.25, -0.2) is 0 Å². The molecule has 6 heteroatoms. The van der Waals surface area contributed by atoms with Gasteiger partial charge in [-0.3, -0.25) is 4.79 Å². The lowest BCUT2D eigenvalue weighted by Gasteiger charge is -2.10. The normalized spacial score (nSPS) is 10.5. The maximum absolute atomic E-state index is 10.9. The van der Waals surface area contributed by atoms with Crippen LogP contribution in [-0.4, -0.2) is 43.1 Å². The van der Waals surface area contributed by atoms with E-state index in [4.69, 9.17) is 14.9 Å². The van der Waals surface area contributed by atoms with E-state index < -0.39 is 0 Å². The Balaban J connectivity index is 2.15. The Labute approximate surface area is 131 Å². The summed E-state index contributed by atoms with van der Waals surface area (Å²) in [5.41, 5.74) is 2.42. The van der Waals surface area contributed by atoms with Crippen LogP contribution < -0.4 is 5.32 Å². The van der Waals surface area contributed by atoms with Crippen LogP contribution in [0.5, 0.6) is 0 Å². The number of ether oxygens (including phenoxy) is 2. The van der Waals surface area contributed by atoms with E-state index in [1.807, 2.05) is 12.1 Å². The summed E-state index contributed by atoms with van der Waals surface area (Å²) in [4.78, 5) is 10.9. The molecule has 0 amide bonds. The lowest BCUT2D eigenvalue weighted by molar-refractivity contribution is -0.141. The highest BCUT2D eigenvalue weighted by atomic mass is 16.5. The number of hydrogen-bond donors (Lipinski definition) is 3. The first-order valence-electron chi connectivity index (χ1n) is 7.42. The first-order valence-corrected chi connectivity index (χ1v) is 7.42. The number of aliphatic hydroxyl groups is 2. The number of anilines is 1. The van der Waals surface area contributed by atoms with E-state index in [1.54, 1.807) is 6.07 Å². The zero-order valence-corrected chi connectivity index (χ0v) is 13.0. The van der Waals surface area contributed by atoms with Gasteiger partial charge in [0, 0.05) is 31.9 Å². The minimum atomic E-state index is -0.214. The molecule has 0 radical (unpaired) electrons. The van der Waals surface area contributed by atoms with Gasteiger partial charge in [-0.2, -0.15) is 0 Å². The second-order valence-corrected chi connectivity index (χ2v) is 4.93. The molecule has 0 fully saturated rings. The van der Waals surface area contributed by atoms with Crippen molar-refractivity contribution < 1.29 is 24.5 Å². The average Bonchev–Trinajstić information content (AvgIpc) is 2.56. The van der Waals surface area contributed by atoms with Crippen LogP contribution in [0.4, 0.5) is 5.69 Å². The number of carbonyl (C=O) groups is 1. The van der Waals surface area contributed by atoms with Crippen molar-refractivity contribution in [1.82, 2.24) is 0 Å².